The van der Waals surface area contributed by atoms with Crippen molar-refractivity contribution < 1.29 is 14.6 Å². The van der Waals surface area contributed by atoms with Gasteiger partial charge in [0.1, 0.15) is 0 Å². The Kier molecular flexibility index (Phi) is 5.41. The normalized spacial score (nSPS) is 23.6. The number of amides is 1. The lowest BCUT2D eigenvalue weighted by Gasteiger charge is -2.39. The molecule has 0 radical (unpaired) electrons. The molecule has 20 heavy (non-hydrogen) atoms. The highest BCUT2D eigenvalue weighted by atomic mass is 16.5. The molecular formula is C15H28N2O3. The Morgan fingerprint density at radius 1 is 1.30 bits per heavy atom. The smallest absolute Gasteiger partial charge is 0.228 e. The molecule has 1 aliphatic carbocycles. The van der Waals surface area contributed by atoms with Gasteiger partial charge in [0.25, 0.3) is 0 Å². The van der Waals surface area contributed by atoms with Crippen LogP contribution < -0.4 is 0 Å². The molecule has 1 unspecified atom stereocenters. The molecule has 1 saturated heterocycles. The van der Waals surface area contributed by atoms with Crippen LogP contribution in [0, 0.1) is 5.41 Å². The van der Waals surface area contributed by atoms with Crippen LogP contribution >= 0.6 is 0 Å². The predicted molar refractivity (Wildman–Crippen MR) is 77.5 cm³/mol. The summed E-state index contributed by atoms with van der Waals surface area (Å²) in [4.78, 5) is 16.9. The zero-order chi connectivity index (χ0) is 14.6. The van der Waals surface area contributed by atoms with Crippen molar-refractivity contribution in [2.45, 2.75) is 38.6 Å². The molecule has 1 heterocycles. The maximum Gasteiger partial charge on any atom is 0.228 e. The SMILES string of the molecule is CCC(CO)N1CCN(C(=O)C2(CCOC)CC2)CC1. The summed E-state index contributed by atoms with van der Waals surface area (Å²) < 4.78 is 5.13. The van der Waals surface area contributed by atoms with Crippen LogP contribution in [0.5, 0.6) is 0 Å². The van der Waals surface area contributed by atoms with Crippen molar-refractivity contribution >= 4 is 5.91 Å². The summed E-state index contributed by atoms with van der Waals surface area (Å²) in [5.74, 6) is 0.325. The molecule has 0 aromatic carbocycles. The van der Waals surface area contributed by atoms with E-state index in [1.807, 2.05) is 4.90 Å². The highest BCUT2D eigenvalue weighted by Crippen LogP contribution is 2.50. The highest BCUT2D eigenvalue weighted by molar-refractivity contribution is 5.85. The second-order valence-electron chi connectivity index (χ2n) is 6.10. The predicted octanol–water partition coefficient (Wildman–Crippen LogP) is 0.718. The highest BCUT2D eigenvalue weighted by Gasteiger charge is 2.51. The molecular weight excluding hydrogens is 256 g/mol. The molecule has 0 aromatic heterocycles. The van der Waals surface area contributed by atoms with Crippen molar-refractivity contribution in [3.63, 3.8) is 0 Å². The molecule has 0 aromatic rings. The van der Waals surface area contributed by atoms with Gasteiger partial charge in [-0.1, -0.05) is 6.92 Å². The first-order valence-corrected chi connectivity index (χ1v) is 7.80. The molecule has 116 valence electrons. The van der Waals surface area contributed by atoms with E-state index < -0.39 is 0 Å². The molecule has 2 rings (SSSR count). The van der Waals surface area contributed by atoms with Crippen LogP contribution in [0.2, 0.25) is 0 Å². The average molecular weight is 284 g/mol. The minimum Gasteiger partial charge on any atom is -0.395 e. The number of aliphatic hydroxyl groups excluding tert-OH is 1. The Labute approximate surface area is 121 Å². The zero-order valence-electron chi connectivity index (χ0n) is 12.8. The molecule has 2 aliphatic rings. The summed E-state index contributed by atoms with van der Waals surface area (Å²) in [7, 11) is 1.69. The van der Waals surface area contributed by atoms with Crippen LogP contribution in [0.4, 0.5) is 0 Å². The quantitative estimate of drug-likeness (QED) is 0.748. The van der Waals surface area contributed by atoms with E-state index in [2.05, 4.69) is 11.8 Å². The maximum absolute atomic E-state index is 12.6. The average Bonchev–Trinajstić information content (AvgIpc) is 3.27. The fraction of sp³-hybridized carbons (Fsp3) is 0.933. The second kappa shape index (κ2) is 6.87. The van der Waals surface area contributed by atoms with Crippen LogP contribution in [-0.4, -0.2) is 73.4 Å². The number of methoxy groups -OCH3 is 1. The van der Waals surface area contributed by atoms with Gasteiger partial charge in [0.2, 0.25) is 5.91 Å². The summed E-state index contributed by atoms with van der Waals surface area (Å²) in [5, 5.41) is 9.35. The van der Waals surface area contributed by atoms with Crippen LogP contribution in [0.25, 0.3) is 0 Å². The minimum atomic E-state index is -0.112. The molecule has 5 heteroatoms. The number of ether oxygens (including phenoxy) is 1. The van der Waals surface area contributed by atoms with Crippen molar-refractivity contribution in [1.29, 1.82) is 0 Å². The Morgan fingerprint density at radius 3 is 2.40 bits per heavy atom. The van der Waals surface area contributed by atoms with E-state index in [1.165, 1.54) is 0 Å². The van der Waals surface area contributed by atoms with Gasteiger partial charge in [0.15, 0.2) is 0 Å². The Balaban J connectivity index is 1.83. The second-order valence-corrected chi connectivity index (χ2v) is 6.10. The first-order chi connectivity index (χ1) is 9.66. The van der Waals surface area contributed by atoms with Crippen molar-refractivity contribution in [2.24, 2.45) is 5.41 Å². The van der Waals surface area contributed by atoms with E-state index in [1.54, 1.807) is 7.11 Å². The summed E-state index contributed by atoms with van der Waals surface area (Å²) >= 11 is 0. The van der Waals surface area contributed by atoms with E-state index >= 15 is 0 Å². The van der Waals surface area contributed by atoms with Gasteiger partial charge in [-0.15, -0.1) is 0 Å². The van der Waals surface area contributed by atoms with Crippen LogP contribution in [0.1, 0.15) is 32.6 Å². The van der Waals surface area contributed by atoms with Gasteiger partial charge in [0.05, 0.1) is 12.0 Å². The number of carbonyl (C=O) groups is 1. The van der Waals surface area contributed by atoms with E-state index in [9.17, 15) is 9.90 Å². The van der Waals surface area contributed by atoms with E-state index in [4.69, 9.17) is 4.74 Å². The van der Waals surface area contributed by atoms with Gasteiger partial charge in [0, 0.05) is 45.9 Å². The monoisotopic (exact) mass is 284 g/mol. The molecule has 1 aliphatic heterocycles. The number of nitrogens with zero attached hydrogens (tertiary/aromatic N) is 2. The van der Waals surface area contributed by atoms with E-state index in [0.717, 1.165) is 51.9 Å². The molecule has 1 N–H and O–H groups in total. The molecule has 1 atom stereocenters. The van der Waals surface area contributed by atoms with Gasteiger partial charge in [-0.2, -0.15) is 0 Å². The largest absolute Gasteiger partial charge is 0.395 e. The molecule has 2 fully saturated rings. The van der Waals surface area contributed by atoms with Gasteiger partial charge < -0.3 is 14.7 Å². The maximum atomic E-state index is 12.6. The third kappa shape index (κ3) is 3.32. The summed E-state index contributed by atoms with van der Waals surface area (Å²) in [6, 6.07) is 0.246. The lowest BCUT2D eigenvalue weighted by atomic mass is 10.0. The summed E-state index contributed by atoms with van der Waals surface area (Å²) in [6.45, 7) is 6.34. The van der Waals surface area contributed by atoms with Gasteiger partial charge in [-0.3, -0.25) is 9.69 Å². The van der Waals surface area contributed by atoms with Crippen molar-refractivity contribution in [3.8, 4) is 0 Å². The first kappa shape index (κ1) is 15.7. The van der Waals surface area contributed by atoms with Crippen molar-refractivity contribution in [3.05, 3.63) is 0 Å². The number of hydrogen-bond donors (Lipinski definition) is 1. The van der Waals surface area contributed by atoms with Crippen molar-refractivity contribution in [1.82, 2.24) is 9.80 Å². The fourth-order valence-electron chi connectivity index (χ4n) is 3.15. The zero-order valence-corrected chi connectivity index (χ0v) is 12.8. The van der Waals surface area contributed by atoms with E-state index in [0.29, 0.717) is 12.5 Å². The molecule has 5 nitrogen and oxygen atoms in total. The van der Waals surface area contributed by atoms with Crippen LogP contribution in [0.15, 0.2) is 0 Å². The molecule has 1 saturated carbocycles. The van der Waals surface area contributed by atoms with Gasteiger partial charge in [-0.25, -0.2) is 0 Å². The lowest BCUT2D eigenvalue weighted by molar-refractivity contribution is -0.140. The van der Waals surface area contributed by atoms with Crippen molar-refractivity contribution in [2.75, 3.05) is 46.5 Å². The number of aliphatic hydroxyl groups is 1. The lowest BCUT2D eigenvalue weighted by Crippen LogP contribution is -2.54. The topological polar surface area (TPSA) is 53.0 Å². The minimum absolute atomic E-state index is 0.112. The Bertz CT molecular complexity index is 319. The first-order valence-electron chi connectivity index (χ1n) is 7.80. The summed E-state index contributed by atoms with van der Waals surface area (Å²) in [6.07, 6.45) is 3.85. The third-order valence-corrected chi connectivity index (χ3v) is 4.89. The Morgan fingerprint density at radius 2 is 1.95 bits per heavy atom. The van der Waals surface area contributed by atoms with Gasteiger partial charge in [-0.05, 0) is 25.7 Å². The molecule has 0 spiro atoms. The number of piperazine rings is 1. The van der Waals surface area contributed by atoms with Crippen LogP contribution in [0.3, 0.4) is 0 Å². The molecule has 0 bridgehead atoms. The summed E-state index contributed by atoms with van der Waals surface area (Å²) in [5.41, 5.74) is -0.112. The third-order valence-electron chi connectivity index (χ3n) is 4.89. The van der Waals surface area contributed by atoms with Gasteiger partial charge >= 0.3 is 0 Å². The number of carbonyl (C=O) groups excluding carboxylic acids is 1. The molecule has 1 amide bonds. The fourth-order valence-corrected chi connectivity index (χ4v) is 3.15. The standard InChI is InChI=1S/C15H28N2O3/c1-3-13(12-18)16-7-9-17(10-8-16)14(19)15(4-5-15)6-11-20-2/h13,18H,3-12H2,1-2H3. The Hall–Kier alpha value is -0.650. The van der Waals surface area contributed by atoms with Crippen LogP contribution in [-0.2, 0) is 9.53 Å². The number of hydrogen-bond acceptors (Lipinski definition) is 4. The van der Waals surface area contributed by atoms with E-state index in [-0.39, 0.29) is 18.1 Å². The number of rotatable bonds is 7.